The Morgan fingerprint density at radius 1 is 0.897 bits per heavy atom. The fourth-order valence-corrected chi connectivity index (χ4v) is 3.80. The first-order valence-electron chi connectivity index (χ1n) is 9.05. The number of imide groups is 1. The first-order valence-corrected chi connectivity index (χ1v) is 9.85. The van der Waals surface area contributed by atoms with Gasteiger partial charge in [-0.3, -0.25) is 24.2 Å². The zero-order chi connectivity index (χ0) is 20.5. The molecule has 0 atom stereocenters. The van der Waals surface area contributed by atoms with Crippen molar-refractivity contribution >= 4 is 39.3 Å². The summed E-state index contributed by atoms with van der Waals surface area (Å²) in [4.78, 5) is 41.6. The zero-order valence-electron chi connectivity index (χ0n) is 15.6. The van der Waals surface area contributed by atoms with Gasteiger partial charge in [0.25, 0.3) is 17.7 Å². The van der Waals surface area contributed by atoms with E-state index in [2.05, 4.69) is 15.9 Å². The van der Waals surface area contributed by atoms with Crippen LogP contribution < -0.4 is 4.90 Å². The SMILES string of the molecule is Cc1cccc(N(CN2C(=O)c3ccccc3C2=O)C(=O)c2ccccc2Br)c1. The predicted octanol–water partition coefficient (Wildman–Crippen LogP) is 4.66. The first-order chi connectivity index (χ1) is 14.0. The quantitative estimate of drug-likeness (QED) is 0.545. The maximum atomic E-state index is 13.4. The Labute approximate surface area is 176 Å². The molecular formula is C23H17BrN2O3. The van der Waals surface area contributed by atoms with Gasteiger partial charge in [0.2, 0.25) is 0 Å². The van der Waals surface area contributed by atoms with Crippen molar-refractivity contribution in [2.24, 2.45) is 0 Å². The number of anilines is 1. The molecule has 0 aromatic heterocycles. The summed E-state index contributed by atoms with van der Waals surface area (Å²) in [6, 6.07) is 21.2. The molecule has 29 heavy (non-hydrogen) atoms. The highest BCUT2D eigenvalue weighted by atomic mass is 79.9. The average molecular weight is 449 g/mol. The topological polar surface area (TPSA) is 57.7 Å². The lowest BCUT2D eigenvalue weighted by Crippen LogP contribution is -2.44. The molecule has 0 radical (unpaired) electrons. The summed E-state index contributed by atoms with van der Waals surface area (Å²) >= 11 is 3.42. The number of aryl methyl sites for hydroxylation is 1. The van der Waals surface area contributed by atoms with Crippen LogP contribution in [0.3, 0.4) is 0 Å². The number of carbonyl (C=O) groups excluding carboxylic acids is 3. The molecule has 0 bridgehead atoms. The Bertz CT molecular complexity index is 1110. The van der Waals surface area contributed by atoms with E-state index in [0.717, 1.165) is 10.5 Å². The number of hydrogen-bond acceptors (Lipinski definition) is 3. The van der Waals surface area contributed by atoms with Crippen LogP contribution >= 0.6 is 15.9 Å². The molecule has 3 amide bonds. The molecule has 0 N–H and O–H groups in total. The van der Waals surface area contributed by atoms with Crippen LogP contribution in [0.15, 0.2) is 77.3 Å². The Morgan fingerprint density at radius 3 is 2.14 bits per heavy atom. The summed E-state index contributed by atoms with van der Waals surface area (Å²) in [6.07, 6.45) is 0. The summed E-state index contributed by atoms with van der Waals surface area (Å²) in [5, 5.41) is 0. The van der Waals surface area contributed by atoms with Gasteiger partial charge >= 0.3 is 0 Å². The fourth-order valence-electron chi connectivity index (χ4n) is 3.35. The Balaban J connectivity index is 1.74. The van der Waals surface area contributed by atoms with Crippen molar-refractivity contribution in [2.75, 3.05) is 11.6 Å². The largest absolute Gasteiger partial charge is 0.289 e. The minimum atomic E-state index is -0.400. The third-order valence-electron chi connectivity index (χ3n) is 4.82. The highest BCUT2D eigenvalue weighted by Gasteiger charge is 2.37. The van der Waals surface area contributed by atoms with Gasteiger partial charge in [-0.15, -0.1) is 0 Å². The Kier molecular flexibility index (Phi) is 5.03. The van der Waals surface area contributed by atoms with E-state index in [1.165, 1.54) is 4.90 Å². The number of carbonyl (C=O) groups is 3. The molecule has 0 saturated heterocycles. The standard InChI is InChI=1S/C23H17BrN2O3/c1-15-7-6-8-16(13-15)25(23(29)19-11-4-5-12-20(19)24)14-26-21(27)17-9-2-3-10-18(17)22(26)28/h2-13H,14H2,1H3. The number of hydrogen-bond donors (Lipinski definition) is 0. The molecule has 0 saturated carbocycles. The zero-order valence-corrected chi connectivity index (χ0v) is 17.2. The van der Waals surface area contributed by atoms with E-state index in [1.54, 1.807) is 48.5 Å². The van der Waals surface area contributed by atoms with Crippen LogP contribution in [0.25, 0.3) is 0 Å². The van der Waals surface area contributed by atoms with Crippen LogP contribution in [0, 0.1) is 6.92 Å². The molecule has 3 aromatic carbocycles. The van der Waals surface area contributed by atoms with Crippen LogP contribution in [0.5, 0.6) is 0 Å². The first kappa shape index (κ1) is 19.1. The lowest BCUT2D eigenvalue weighted by Gasteiger charge is -2.27. The van der Waals surface area contributed by atoms with Crippen molar-refractivity contribution in [1.82, 2.24) is 4.90 Å². The number of nitrogens with zero attached hydrogens (tertiary/aromatic N) is 2. The molecule has 0 unspecified atom stereocenters. The van der Waals surface area contributed by atoms with Crippen molar-refractivity contribution in [3.63, 3.8) is 0 Å². The van der Waals surface area contributed by atoms with E-state index in [4.69, 9.17) is 0 Å². The molecule has 6 heteroatoms. The number of amides is 3. The normalized spacial score (nSPS) is 12.8. The van der Waals surface area contributed by atoms with E-state index in [9.17, 15) is 14.4 Å². The fraction of sp³-hybridized carbons (Fsp3) is 0.0870. The molecule has 144 valence electrons. The predicted molar refractivity (Wildman–Crippen MR) is 114 cm³/mol. The van der Waals surface area contributed by atoms with Gasteiger partial charge < -0.3 is 0 Å². The molecular weight excluding hydrogens is 432 g/mol. The second kappa shape index (κ2) is 7.64. The number of benzene rings is 3. The van der Waals surface area contributed by atoms with E-state index in [0.29, 0.717) is 26.9 Å². The second-order valence-electron chi connectivity index (χ2n) is 6.78. The highest BCUT2D eigenvalue weighted by molar-refractivity contribution is 9.10. The van der Waals surface area contributed by atoms with Crippen LogP contribution in [0.1, 0.15) is 36.6 Å². The van der Waals surface area contributed by atoms with Crippen LogP contribution in [0.2, 0.25) is 0 Å². The minimum absolute atomic E-state index is 0.171. The summed E-state index contributed by atoms with van der Waals surface area (Å²) < 4.78 is 0.644. The third-order valence-corrected chi connectivity index (χ3v) is 5.52. The van der Waals surface area contributed by atoms with Crippen molar-refractivity contribution in [3.8, 4) is 0 Å². The molecule has 0 fully saturated rings. The van der Waals surface area contributed by atoms with E-state index < -0.39 is 11.8 Å². The Morgan fingerprint density at radius 2 is 1.52 bits per heavy atom. The van der Waals surface area contributed by atoms with Crippen LogP contribution in [-0.4, -0.2) is 29.3 Å². The van der Waals surface area contributed by atoms with Crippen LogP contribution in [-0.2, 0) is 0 Å². The number of halogens is 1. The molecule has 1 heterocycles. The van der Waals surface area contributed by atoms with Gasteiger partial charge in [-0.25, -0.2) is 0 Å². The lowest BCUT2D eigenvalue weighted by atomic mass is 10.1. The monoisotopic (exact) mass is 448 g/mol. The van der Waals surface area contributed by atoms with Crippen molar-refractivity contribution in [3.05, 3.63) is 99.5 Å². The van der Waals surface area contributed by atoms with Gasteiger partial charge in [-0.05, 0) is 64.8 Å². The van der Waals surface area contributed by atoms with E-state index >= 15 is 0 Å². The lowest BCUT2D eigenvalue weighted by molar-refractivity contribution is 0.0650. The molecule has 1 aliphatic heterocycles. The van der Waals surface area contributed by atoms with Gasteiger partial charge in [-0.1, -0.05) is 36.4 Å². The summed E-state index contributed by atoms with van der Waals surface area (Å²) in [7, 11) is 0. The molecule has 5 nitrogen and oxygen atoms in total. The van der Waals surface area contributed by atoms with Gasteiger partial charge in [-0.2, -0.15) is 0 Å². The van der Waals surface area contributed by atoms with Gasteiger partial charge in [0.05, 0.1) is 16.7 Å². The smallest absolute Gasteiger partial charge is 0.263 e. The maximum Gasteiger partial charge on any atom is 0.263 e. The van der Waals surface area contributed by atoms with Gasteiger partial charge in [0, 0.05) is 10.2 Å². The van der Waals surface area contributed by atoms with Crippen molar-refractivity contribution in [2.45, 2.75) is 6.92 Å². The van der Waals surface area contributed by atoms with Gasteiger partial charge in [0.15, 0.2) is 0 Å². The molecule has 4 rings (SSSR count). The summed E-state index contributed by atoms with van der Waals surface area (Å²) in [6.45, 7) is 1.75. The summed E-state index contributed by atoms with van der Waals surface area (Å²) in [5.74, 6) is -1.11. The van der Waals surface area contributed by atoms with Gasteiger partial charge in [0.1, 0.15) is 6.67 Å². The molecule has 0 aliphatic carbocycles. The average Bonchev–Trinajstić information content (AvgIpc) is 2.96. The van der Waals surface area contributed by atoms with Crippen LogP contribution in [0.4, 0.5) is 5.69 Å². The maximum absolute atomic E-state index is 13.4. The highest BCUT2D eigenvalue weighted by Crippen LogP contribution is 2.27. The molecule has 0 spiro atoms. The molecule has 3 aromatic rings. The minimum Gasteiger partial charge on any atom is -0.289 e. The number of fused-ring (bicyclic) bond motifs is 1. The number of rotatable bonds is 4. The van der Waals surface area contributed by atoms with Crippen molar-refractivity contribution < 1.29 is 14.4 Å². The van der Waals surface area contributed by atoms with E-state index in [1.807, 2.05) is 31.2 Å². The third kappa shape index (κ3) is 3.47. The van der Waals surface area contributed by atoms with Crippen molar-refractivity contribution in [1.29, 1.82) is 0 Å². The second-order valence-corrected chi connectivity index (χ2v) is 7.63. The van der Waals surface area contributed by atoms with E-state index in [-0.39, 0.29) is 12.6 Å². The summed E-state index contributed by atoms with van der Waals surface area (Å²) in [5.41, 5.74) is 2.74. The molecule has 1 aliphatic rings. The Hall–Kier alpha value is -3.25.